The van der Waals surface area contributed by atoms with Crippen LogP contribution in [0.15, 0.2) is 0 Å². The van der Waals surface area contributed by atoms with Crippen molar-refractivity contribution in [2.24, 2.45) is 11.1 Å². The molecule has 0 aromatic rings. The van der Waals surface area contributed by atoms with E-state index >= 15 is 0 Å². The lowest BCUT2D eigenvalue weighted by molar-refractivity contribution is -0.127. The molecule has 2 aliphatic heterocycles. The molecule has 0 aromatic carbocycles. The fourth-order valence-corrected chi connectivity index (χ4v) is 2.79. The molecule has 1 radical (unpaired) electrons. The van der Waals surface area contributed by atoms with Crippen LogP contribution in [0, 0.1) is 11.8 Å². The summed E-state index contributed by atoms with van der Waals surface area (Å²) in [6.45, 7) is 6.07. The number of ketones is 1. The third kappa shape index (κ3) is 4.75. The Balaban J connectivity index is 1.84. The number of carbonyl (C=O) groups is 3. The van der Waals surface area contributed by atoms with Crippen LogP contribution in [0.2, 0.25) is 0 Å². The molecule has 2 heterocycles. The molecule has 2 rings (SSSR count). The number of amides is 2. The van der Waals surface area contributed by atoms with Crippen LogP contribution >= 0.6 is 0 Å². The van der Waals surface area contributed by atoms with Gasteiger partial charge in [-0.2, -0.15) is 0 Å². The second-order valence-electron chi connectivity index (χ2n) is 6.97. The van der Waals surface area contributed by atoms with Gasteiger partial charge < -0.3 is 20.7 Å². The Morgan fingerprint density at radius 3 is 2.65 bits per heavy atom. The second-order valence-corrected chi connectivity index (χ2v) is 6.97. The van der Waals surface area contributed by atoms with Gasteiger partial charge in [0.2, 0.25) is 11.8 Å². The first kappa shape index (κ1) is 17.9. The van der Waals surface area contributed by atoms with E-state index in [0.29, 0.717) is 6.54 Å². The van der Waals surface area contributed by atoms with Crippen molar-refractivity contribution in [3.05, 3.63) is 6.42 Å². The summed E-state index contributed by atoms with van der Waals surface area (Å²) in [4.78, 5) is 37.5. The summed E-state index contributed by atoms with van der Waals surface area (Å²) in [5, 5.41) is 2.72. The SMILES string of the molecule is CC(C)(C[CH]C(=O)NC1C(=O)COC1CN1CCCC1)C(N)=O. The van der Waals surface area contributed by atoms with E-state index in [9.17, 15) is 14.4 Å². The average molecular weight is 324 g/mol. The molecule has 7 nitrogen and oxygen atoms in total. The summed E-state index contributed by atoms with van der Waals surface area (Å²) >= 11 is 0. The lowest BCUT2D eigenvalue weighted by Gasteiger charge is -2.24. The van der Waals surface area contributed by atoms with Crippen LogP contribution in [0.1, 0.15) is 33.1 Å². The van der Waals surface area contributed by atoms with Gasteiger partial charge in [0, 0.05) is 12.0 Å². The van der Waals surface area contributed by atoms with E-state index in [1.54, 1.807) is 13.8 Å². The number of likely N-dealkylation sites (tertiary alicyclic amines) is 1. The first-order valence-electron chi connectivity index (χ1n) is 8.10. The molecular formula is C16H26N3O4. The van der Waals surface area contributed by atoms with Gasteiger partial charge in [0.15, 0.2) is 5.78 Å². The first-order valence-corrected chi connectivity index (χ1v) is 8.10. The topological polar surface area (TPSA) is 102 Å². The standard InChI is InChI=1S/C16H26N3O4/c1-16(2,15(17)22)6-5-13(21)18-14-11(20)10-23-12(14)9-19-7-3-4-8-19/h5,12,14H,3-4,6-10H2,1-2H3,(H2,17,22)(H,18,21). The lowest BCUT2D eigenvalue weighted by atomic mass is 9.87. The van der Waals surface area contributed by atoms with Crippen LogP contribution in [0.3, 0.4) is 0 Å². The Morgan fingerprint density at radius 1 is 1.39 bits per heavy atom. The summed E-state index contributed by atoms with van der Waals surface area (Å²) in [7, 11) is 0. The smallest absolute Gasteiger partial charge is 0.224 e. The van der Waals surface area contributed by atoms with E-state index in [1.807, 2.05) is 0 Å². The van der Waals surface area contributed by atoms with E-state index in [-0.39, 0.29) is 30.8 Å². The van der Waals surface area contributed by atoms with Crippen LogP contribution < -0.4 is 11.1 Å². The van der Waals surface area contributed by atoms with Crippen molar-refractivity contribution in [1.29, 1.82) is 0 Å². The number of nitrogens with two attached hydrogens (primary N) is 1. The number of nitrogens with zero attached hydrogens (tertiary/aromatic N) is 1. The second kappa shape index (κ2) is 7.40. The molecule has 0 spiro atoms. The number of hydrogen-bond donors (Lipinski definition) is 2. The highest BCUT2D eigenvalue weighted by Crippen LogP contribution is 2.21. The Bertz CT molecular complexity index is 472. The zero-order valence-electron chi connectivity index (χ0n) is 13.8. The normalized spacial score (nSPS) is 25.7. The van der Waals surface area contributed by atoms with Crippen molar-refractivity contribution in [3.8, 4) is 0 Å². The summed E-state index contributed by atoms with van der Waals surface area (Å²) in [5.41, 5.74) is 4.50. The monoisotopic (exact) mass is 324 g/mol. The average Bonchev–Trinajstić information content (AvgIpc) is 3.10. The van der Waals surface area contributed by atoms with Crippen LogP contribution in [0.5, 0.6) is 0 Å². The number of nitrogens with one attached hydrogen (secondary N) is 1. The fraction of sp³-hybridized carbons (Fsp3) is 0.750. The zero-order chi connectivity index (χ0) is 17.0. The summed E-state index contributed by atoms with van der Waals surface area (Å²) in [6.07, 6.45) is 3.62. The maximum atomic E-state index is 12.1. The van der Waals surface area contributed by atoms with E-state index in [2.05, 4.69) is 10.2 Å². The summed E-state index contributed by atoms with van der Waals surface area (Å²) in [5.74, 6) is -0.937. The highest BCUT2D eigenvalue weighted by molar-refractivity contribution is 5.94. The minimum absolute atomic E-state index is 0.0379. The Hall–Kier alpha value is -1.47. The number of rotatable bonds is 7. The molecule has 2 unspecified atom stereocenters. The van der Waals surface area contributed by atoms with Gasteiger partial charge in [-0.25, -0.2) is 0 Å². The lowest BCUT2D eigenvalue weighted by Crippen LogP contribution is -2.49. The predicted molar refractivity (Wildman–Crippen MR) is 84.2 cm³/mol. The van der Waals surface area contributed by atoms with Crippen molar-refractivity contribution in [2.75, 3.05) is 26.2 Å². The van der Waals surface area contributed by atoms with E-state index in [4.69, 9.17) is 10.5 Å². The highest BCUT2D eigenvalue weighted by atomic mass is 16.5. The largest absolute Gasteiger partial charge is 0.369 e. The van der Waals surface area contributed by atoms with Crippen molar-refractivity contribution in [2.45, 2.75) is 45.3 Å². The fourth-order valence-electron chi connectivity index (χ4n) is 2.79. The van der Waals surface area contributed by atoms with Crippen molar-refractivity contribution in [1.82, 2.24) is 10.2 Å². The third-order valence-electron chi connectivity index (χ3n) is 4.56. The Labute approximate surface area is 136 Å². The summed E-state index contributed by atoms with van der Waals surface area (Å²) < 4.78 is 5.53. The molecule has 0 bridgehead atoms. The van der Waals surface area contributed by atoms with E-state index < -0.39 is 17.4 Å². The van der Waals surface area contributed by atoms with E-state index in [0.717, 1.165) is 25.9 Å². The predicted octanol–water partition coefficient (Wildman–Crippen LogP) is -0.359. The Kier molecular flexibility index (Phi) is 5.75. The van der Waals surface area contributed by atoms with Crippen LogP contribution in [-0.4, -0.2) is 60.9 Å². The van der Waals surface area contributed by atoms with Crippen molar-refractivity contribution < 1.29 is 19.1 Å². The van der Waals surface area contributed by atoms with E-state index in [1.165, 1.54) is 6.42 Å². The molecule has 129 valence electrons. The molecule has 3 N–H and O–H groups in total. The molecule has 2 fully saturated rings. The molecule has 0 aliphatic carbocycles. The summed E-state index contributed by atoms with van der Waals surface area (Å²) in [6, 6.07) is -0.615. The third-order valence-corrected chi connectivity index (χ3v) is 4.56. The van der Waals surface area contributed by atoms with Gasteiger partial charge in [0.25, 0.3) is 0 Å². The zero-order valence-corrected chi connectivity index (χ0v) is 13.8. The molecular weight excluding hydrogens is 298 g/mol. The van der Waals surface area contributed by atoms with Gasteiger partial charge in [-0.3, -0.25) is 14.4 Å². The molecule has 0 saturated carbocycles. The molecule has 0 aromatic heterocycles. The Morgan fingerprint density at radius 2 is 2.04 bits per heavy atom. The minimum Gasteiger partial charge on any atom is -0.369 e. The molecule has 2 saturated heterocycles. The number of primary amides is 1. The van der Waals surface area contributed by atoms with Gasteiger partial charge in [0.1, 0.15) is 12.6 Å². The van der Waals surface area contributed by atoms with Gasteiger partial charge >= 0.3 is 0 Å². The first-order chi connectivity index (χ1) is 10.8. The molecule has 2 amide bonds. The van der Waals surface area contributed by atoms with Gasteiger partial charge in [-0.1, -0.05) is 13.8 Å². The minimum atomic E-state index is -0.789. The molecule has 2 aliphatic rings. The number of ether oxygens (including phenoxy) is 1. The van der Waals surface area contributed by atoms with Crippen LogP contribution in [-0.2, 0) is 19.1 Å². The maximum Gasteiger partial charge on any atom is 0.224 e. The van der Waals surface area contributed by atoms with Crippen LogP contribution in [0.25, 0.3) is 0 Å². The maximum absolute atomic E-state index is 12.1. The molecule has 23 heavy (non-hydrogen) atoms. The number of hydrogen-bond acceptors (Lipinski definition) is 5. The quantitative estimate of drug-likeness (QED) is 0.666. The number of Topliss-reactive ketones (excluding diaryl/α,β-unsaturated/α-hetero) is 1. The highest BCUT2D eigenvalue weighted by Gasteiger charge is 2.38. The molecule has 2 atom stereocenters. The van der Waals surface area contributed by atoms with Crippen molar-refractivity contribution >= 4 is 17.6 Å². The molecule has 7 heteroatoms. The number of carbonyl (C=O) groups excluding carboxylic acids is 3. The van der Waals surface area contributed by atoms with Gasteiger partial charge in [-0.05, 0) is 32.4 Å². The van der Waals surface area contributed by atoms with Crippen molar-refractivity contribution in [3.63, 3.8) is 0 Å². The van der Waals surface area contributed by atoms with Gasteiger partial charge in [0.05, 0.1) is 12.5 Å². The van der Waals surface area contributed by atoms with Gasteiger partial charge in [-0.15, -0.1) is 0 Å². The van der Waals surface area contributed by atoms with Crippen LogP contribution in [0.4, 0.5) is 0 Å².